The minimum Gasteiger partial charge on any atom is -0.419 e. The van der Waals surface area contributed by atoms with E-state index in [1.807, 2.05) is 36.6 Å². The van der Waals surface area contributed by atoms with Crippen molar-refractivity contribution >= 4 is 0 Å². The van der Waals surface area contributed by atoms with Gasteiger partial charge in [-0.1, -0.05) is 62.9 Å². The summed E-state index contributed by atoms with van der Waals surface area (Å²) >= 11 is 0. The van der Waals surface area contributed by atoms with Crippen LogP contribution in [-0.4, -0.2) is 0 Å². The molecule has 1 aromatic carbocycles. The summed E-state index contributed by atoms with van der Waals surface area (Å²) in [7, 11) is 0. The first-order chi connectivity index (χ1) is 8.38. The van der Waals surface area contributed by atoms with Gasteiger partial charge in [0.1, 0.15) is 6.10 Å². The highest BCUT2D eigenvalue weighted by atomic mass is 16.5. The minimum atomic E-state index is -0.0668. The summed E-state index contributed by atoms with van der Waals surface area (Å²) in [6.07, 6.45) is 8.88. The third kappa shape index (κ3) is 5.40. The van der Waals surface area contributed by atoms with Gasteiger partial charge in [-0.05, 0) is 18.4 Å². The second kappa shape index (κ2) is 8.64. The first-order valence-electron chi connectivity index (χ1n) is 6.48. The van der Waals surface area contributed by atoms with E-state index in [9.17, 15) is 0 Å². The average molecular weight is 231 g/mol. The van der Waals surface area contributed by atoms with Gasteiger partial charge in [-0.3, -0.25) is 0 Å². The van der Waals surface area contributed by atoms with Gasteiger partial charge in [0.25, 0.3) is 6.26 Å². The molecule has 1 rings (SSSR count). The Labute approximate surface area is 104 Å². The molecule has 0 heterocycles. The number of hydrogen-bond donors (Lipinski definition) is 0. The van der Waals surface area contributed by atoms with Crippen molar-refractivity contribution in [1.82, 2.24) is 0 Å². The summed E-state index contributed by atoms with van der Waals surface area (Å²) in [5.74, 6) is 0. The number of nitrogens with zero attached hydrogens (tertiary/aromatic N) is 1. The summed E-state index contributed by atoms with van der Waals surface area (Å²) in [6, 6.07) is 10.00. The molecule has 1 atom stereocenters. The monoisotopic (exact) mass is 231 g/mol. The molecular formula is C15H21NO. The van der Waals surface area contributed by atoms with Gasteiger partial charge in [-0.15, -0.1) is 0 Å². The fourth-order valence-electron chi connectivity index (χ4n) is 1.96. The summed E-state index contributed by atoms with van der Waals surface area (Å²) in [6.45, 7) is 2.21. The molecule has 2 nitrogen and oxygen atoms in total. The van der Waals surface area contributed by atoms with Crippen molar-refractivity contribution in [3.8, 4) is 6.26 Å². The minimum absolute atomic E-state index is 0.0668. The largest absolute Gasteiger partial charge is 0.419 e. The molecule has 0 fully saturated rings. The summed E-state index contributed by atoms with van der Waals surface area (Å²) in [5, 5.41) is 8.67. The van der Waals surface area contributed by atoms with Crippen LogP contribution in [0.25, 0.3) is 0 Å². The van der Waals surface area contributed by atoms with Gasteiger partial charge in [0, 0.05) is 0 Å². The molecule has 0 spiro atoms. The Balaban J connectivity index is 2.37. The van der Waals surface area contributed by atoms with Crippen LogP contribution < -0.4 is 0 Å². The van der Waals surface area contributed by atoms with Crippen LogP contribution in [0.5, 0.6) is 0 Å². The maximum absolute atomic E-state index is 8.67. The maximum atomic E-state index is 8.67. The van der Waals surface area contributed by atoms with Gasteiger partial charge in [0.2, 0.25) is 0 Å². The molecule has 1 unspecified atom stereocenters. The molecule has 0 saturated carbocycles. The van der Waals surface area contributed by atoms with E-state index in [0.717, 1.165) is 18.4 Å². The fourth-order valence-corrected chi connectivity index (χ4v) is 1.96. The van der Waals surface area contributed by atoms with Crippen LogP contribution in [-0.2, 0) is 4.74 Å². The first kappa shape index (κ1) is 13.6. The smallest absolute Gasteiger partial charge is 0.286 e. The van der Waals surface area contributed by atoms with E-state index in [1.54, 1.807) is 0 Å². The van der Waals surface area contributed by atoms with E-state index in [4.69, 9.17) is 10.00 Å². The van der Waals surface area contributed by atoms with Crippen molar-refractivity contribution in [1.29, 1.82) is 5.26 Å². The molecule has 92 valence electrons. The number of ether oxygens (including phenoxy) is 1. The standard InChI is InChI=1S/C15H21NO/c1-2-3-4-5-9-12-15(17-13-16)14-10-7-6-8-11-14/h6-8,10-11,15H,2-5,9,12H2,1H3. The van der Waals surface area contributed by atoms with Crippen LogP contribution >= 0.6 is 0 Å². The third-order valence-electron chi connectivity index (χ3n) is 2.94. The summed E-state index contributed by atoms with van der Waals surface area (Å²) in [4.78, 5) is 0. The van der Waals surface area contributed by atoms with Gasteiger partial charge >= 0.3 is 0 Å². The van der Waals surface area contributed by atoms with Gasteiger partial charge in [0.05, 0.1) is 0 Å². The Morgan fingerprint density at radius 1 is 1.12 bits per heavy atom. The van der Waals surface area contributed by atoms with Crippen molar-refractivity contribution in [2.45, 2.75) is 51.6 Å². The van der Waals surface area contributed by atoms with Gasteiger partial charge in [0.15, 0.2) is 0 Å². The Bertz CT molecular complexity index is 329. The Morgan fingerprint density at radius 3 is 2.47 bits per heavy atom. The van der Waals surface area contributed by atoms with E-state index in [1.165, 1.54) is 25.7 Å². The molecular weight excluding hydrogens is 210 g/mol. The Morgan fingerprint density at radius 2 is 1.82 bits per heavy atom. The predicted molar refractivity (Wildman–Crippen MR) is 69.3 cm³/mol. The molecule has 17 heavy (non-hydrogen) atoms. The van der Waals surface area contributed by atoms with E-state index in [-0.39, 0.29) is 6.10 Å². The lowest BCUT2D eigenvalue weighted by Crippen LogP contribution is -2.00. The average Bonchev–Trinajstić information content (AvgIpc) is 2.38. The second-order valence-corrected chi connectivity index (χ2v) is 4.31. The SMILES string of the molecule is CCCCCCCC(OC#N)c1ccccc1. The normalized spacial score (nSPS) is 11.8. The zero-order chi connectivity index (χ0) is 12.3. The van der Waals surface area contributed by atoms with E-state index in [0.29, 0.717) is 0 Å². The maximum Gasteiger partial charge on any atom is 0.286 e. The first-order valence-corrected chi connectivity index (χ1v) is 6.48. The zero-order valence-corrected chi connectivity index (χ0v) is 10.6. The molecule has 0 amide bonds. The van der Waals surface area contributed by atoms with Crippen LogP contribution in [0.15, 0.2) is 30.3 Å². The van der Waals surface area contributed by atoms with Crippen LogP contribution in [0.4, 0.5) is 0 Å². The molecule has 0 aliphatic heterocycles. The highest BCUT2D eigenvalue weighted by Gasteiger charge is 2.11. The highest BCUT2D eigenvalue weighted by molar-refractivity contribution is 5.17. The van der Waals surface area contributed by atoms with Crippen molar-refractivity contribution in [3.63, 3.8) is 0 Å². The topological polar surface area (TPSA) is 33.0 Å². The van der Waals surface area contributed by atoms with Crippen molar-refractivity contribution < 1.29 is 4.74 Å². The zero-order valence-electron chi connectivity index (χ0n) is 10.6. The fraction of sp³-hybridized carbons (Fsp3) is 0.533. The van der Waals surface area contributed by atoms with Crippen LogP contribution in [0.2, 0.25) is 0 Å². The quantitative estimate of drug-likeness (QED) is 0.484. The van der Waals surface area contributed by atoms with E-state index >= 15 is 0 Å². The Kier molecular flexibility index (Phi) is 6.90. The highest BCUT2D eigenvalue weighted by Crippen LogP contribution is 2.23. The number of nitriles is 1. The number of benzene rings is 1. The van der Waals surface area contributed by atoms with Gasteiger partial charge in [-0.25, -0.2) is 0 Å². The van der Waals surface area contributed by atoms with Crippen molar-refractivity contribution in [3.05, 3.63) is 35.9 Å². The molecule has 2 heteroatoms. The molecule has 0 radical (unpaired) electrons. The molecule has 0 aromatic heterocycles. The van der Waals surface area contributed by atoms with Gasteiger partial charge in [-0.2, -0.15) is 5.26 Å². The second-order valence-electron chi connectivity index (χ2n) is 4.31. The molecule has 0 aliphatic carbocycles. The Hall–Kier alpha value is -1.49. The predicted octanol–water partition coefficient (Wildman–Crippen LogP) is 4.59. The van der Waals surface area contributed by atoms with Crippen LogP contribution in [0, 0.1) is 11.5 Å². The number of hydrogen-bond acceptors (Lipinski definition) is 2. The summed E-state index contributed by atoms with van der Waals surface area (Å²) in [5.41, 5.74) is 1.10. The molecule has 0 aliphatic rings. The third-order valence-corrected chi connectivity index (χ3v) is 2.94. The van der Waals surface area contributed by atoms with E-state index in [2.05, 4.69) is 6.92 Å². The molecule has 1 aromatic rings. The number of unbranched alkanes of at least 4 members (excludes halogenated alkanes) is 4. The lowest BCUT2D eigenvalue weighted by Gasteiger charge is -2.13. The lowest BCUT2D eigenvalue weighted by atomic mass is 10.0. The van der Waals surface area contributed by atoms with Gasteiger partial charge < -0.3 is 4.74 Å². The molecule has 0 bridgehead atoms. The lowest BCUT2D eigenvalue weighted by molar-refractivity contribution is 0.150. The van der Waals surface area contributed by atoms with E-state index < -0.39 is 0 Å². The van der Waals surface area contributed by atoms with Crippen molar-refractivity contribution in [2.24, 2.45) is 0 Å². The summed E-state index contributed by atoms with van der Waals surface area (Å²) < 4.78 is 5.14. The van der Waals surface area contributed by atoms with Crippen LogP contribution in [0.3, 0.4) is 0 Å². The molecule has 0 N–H and O–H groups in total. The number of rotatable bonds is 8. The van der Waals surface area contributed by atoms with Crippen molar-refractivity contribution in [2.75, 3.05) is 0 Å². The van der Waals surface area contributed by atoms with Crippen LogP contribution in [0.1, 0.15) is 57.1 Å². The molecule has 0 saturated heterocycles.